The van der Waals surface area contributed by atoms with Gasteiger partial charge in [-0.15, -0.1) is 12.4 Å². The van der Waals surface area contributed by atoms with Crippen molar-refractivity contribution in [2.45, 2.75) is 19.6 Å². The third-order valence-corrected chi connectivity index (χ3v) is 4.15. The molecule has 2 rings (SSSR count). The van der Waals surface area contributed by atoms with E-state index in [-0.39, 0.29) is 30.5 Å². The van der Waals surface area contributed by atoms with Crippen molar-refractivity contribution in [3.05, 3.63) is 41.0 Å². The fourth-order valence-electron chi connectivity index (χ4n) is 2.74. The number of aliphatic hydroxyl groups is 1. The van der Waals surface area contributed by atoms with Crippen molar-refractivity contribution in [3.8, 4) is 28.7 Å². The zero-order valence-electron chi connectivity index (χ0n) is 15.6. The third kappa shape index (κ3) is 5.32. The highest BCUT2D eigenvalue weighted by Gasteiger charge is 2.14. The van der Waals surface area contributed by atoms with Crippen LogP contribution >= 0.6 is 12.4 Å². The lowest BCUT2D eigenvalue weighted by Gasteiger charge is -2.15. The van der Waals surface area contributed by atoms with Crippen molar-refractivity contribution < 1.29 is 29.5 Å². The number of phenols is 2. The van der Waals surface area contributed by atoms with E-state index in [2.05, 4.69) is 5.32 Å². The Balaban J connectivity index is 0.00000364. The fraction of sp³-hybridized carbons (Fsp3) is 0.368. The Morgan fingerprint density at radius 3 is 2.11 bits per heavy atom. The third-order valence-electron chi connectivity index (χ3n) is 4.15. The molecule has 7 nitrogen and oxygen atoms in total. The molecule has 0 spiro atoms. The van der Waals surface area contributed by atoms with Crippen LogP contribution in [0.2, 0.25) is 0 Å². The lowest BCUT2D eigenvalue weighted by molar-refractivity contribution is 0.278. The summed E-state index contributed by atoms with van der Waals surface area (Å²) in [5.41, 5.74) is 2.05. The van der Waals surface area contributed by atoms with Crippen LogP contribution in [-0.2, 0) is 19.6 Å². The molecule has 0 aliphatic carbocycles. The number of halogens is 1. The average molecular weight is 400 g/mol. The molecule has 0 atom stereocenters. The maximum atomic E-state index is 9.97. The van der Waals surface area contributed by atoms with E-state index < -0.39 is 0 Å². The summed E-state index contributed by atoms with van der Waals surface area (Å²) < 4.78 is 16.0. The first-order chi connectivity index (χ1) is 12.5. The minimum absolute atomic E-state index is 0. The molecule has 0 saturated heterocycles. The minimum Gasteiger partial charge on any atom is -0.504 e. The van der Waals surface area contributed by atoms with Crippen LogP contribution in [0.3, 0.4) is 0 Å². The van der Waals surface area contributed by atoms with E-state index in [1.807, 2.05) is 12.1 Å². The van der Waals surface area contributed by atoms with Crippen molar-refractivity contribution in [1.82, 2.24) is 5.32 Å². The zero-order valence-corrected chi connectivity index (χ0v) is 16.4. The molecule has 0 bridgehead atoms. The topological polar surface area (TPSA) is 100 Å². The van der Waals surface area contributed by atoms with Gasteiger partial charge in [0.2, 0.25) is 5.75 Å². The number of aromatic hydroxyl groups is 2. The van der Waals surface area contributed by atoms with Crippen molar-refractivity contribution in [2.75, 3.05) is 27.9 Å². The molecule has 0 radical (unpaired) electrons. The predicted octanol–water partition coefficient (Wildman–Crippen LogP) is 2.37. The number of benzene rings is 2. The highest BCUT2D eigenvalue weighted by atomic mass is 35.5. The molecule has 4 N–H and O–H groups in total. The molecule has 0 unspecified atom stereocenters. The van der Waals surface area contributed by atoms with Crippen molar-refractivity contribution in [2.24, 2.45) is 0 Å². The molecule has 0 amide bonds. The molecule has 0 aromatic heterocycles. The summed E-state index contributed by atoms with van der Waals surface area (Å²) in [6.07, 6.45) is 0.685. The van der Waals surface area contributed by atoms with Crippen LogP contribution in [-0.4, -0.2) is 43.2 Å². The number of hydrogen-bond acceptors (Lipinski definition) is 7. The van der Waals surface area contributed by atoms with Gasteiger partial charge in [-0.1, -0.05) is 6.07 Å². The molecule has 0 heterocycles. The van der Waals surface area contributed by atoms with E-state index in [9.17, 15) is 15.3 Å². The maximum absolute atomic E-state index is 9.97. The Bertz CT molecular complexity index is 728. The molecule has 0 aliphatic heterocycles. The minimum atomic E-state index is -0.211. The van der Waals surface area contributed by atoms with E-state index in [0.717, 1.165) is 5.56 Å². The number of ether oxygens (including phenoxy) is 3. The SMILES string of the molecule is COc1cc(CCNCc2c(CO)ccc(O)c2O)cc(OC)c1OC.Cl. The number of methoxy groups -OCH3 is 3. The standard InChI is InChI=1S/C19H25NO6.ClH/c1-24-16-8-12(9-17(25-2)19(16)26-3)6-7-20-10-14-13(11-21)4-5-15(22)18(14)23;/h4-5,8-9,20-23H,6-7,10-11H2,1-3H3;1H. The molecule has 0 aliphatic rings. The maximum Gasteiger partial charge on any atom is 0.203 e. The van der Waals surface area contributed by atoms with Crippen LogP contribution in [0.25, 0.3) is 0 Å². The first kappa shape index (κ1) is 22.7. The summed E-state index contributed by atoms with van der Waals surface area (Å²) in [6.45, 7) is 0.719. The second-order valence-electron chi connectivity index (χ2n) is 5.69. The van der Waals surface area contributed by atoms with Crippen molar-refractivity contribution in [1.29, 1.82) is 0 Å². The molecule has 0 saturated carbocycles. The number of phenolic OH excluding ortho intramolecular Hbond substituents is 2. The van der Waals surface area contributed by atoms with Crippen LogP contribution in [0.1, 0.15) is 16.7 Å². The van der Waals surface area contributed by atoms with Crippen LogP contribution in [0.5, 0.6) is 28.7 Å². The number of aliphatic hydroxyl groups excluding tert-OH is 1. The van der Waals surface area contributed by atoms with Gasteiger partial charge in [-0.3, -0.25) is 0 Å². The highest BCUT2D eigenvalue weighted by molar-refractivity contribution is 5.85. The Morgan fingerprint density at radius 1 is 0.963 bits per heavy atom. The Hall–Kier alpha value is -2.35. The highest BCUT2D eigenvalue weighted by Crippen LogP contribution is 2.38. The summed E-state index contributed by atoms with van der Waals surface area (Å²) in [6, 6.07) is 6.72. The molecule has 0 fully saturated rings. The quantitative estimate of drug-likeness (QED) is 0.379. The van der Waals surface area contributed by atoms with Gasteiger partial charge in [0, 0.05) is 12.1 Å². The first-order valence-electron chi connectivity index (χ1n) is 8.18. The smallest absolute Gasteiger partial charge is 0.203 e. The van der Waals surface area contributed by atoms with Gasteiger partial charge in [0.25, 0.3) is 0 Å². The largest absolute Gasteiger partial charge is 0.504 e. The molecule has 8 heteroatoms. The van der Waals surface area contributed by atoms with Gasteiger partial charge in [-0.25, -0.2) is 0 Å². The van der Waals surface area contributed by atoms with Crippen LogP contribution in [0.4, 0.5) is 0 Å². The monoisotopic (exact) mass is 399 g/mol. The van der Waals surface area contributed by atoms with E-state index in [1.54, 1.807) is 27.4 Å². The van der Waals surface area contributed by atoms with Gasteiger partial charge in [0.1, 0.15) is 0 Å². The first-order valence-corrected chi connectivity index (χ1v) is 8.18. The van der Waals surface area contributed by atoms with Crippen LogP contribution < -0.4 is 19.5 Å². The summed E-state index contributed by atoms with van der Waals surface area (Å²) in [5, 5.41) is 32.2. The van der Waals surface area contributed by atoms with Crippen LogP contribution in [0, 0.1) is 0 Å². The van der Waals surface area contributed by atoms with E-state index >= 15 is 0 Å². The van der Waals surface area contributed by atoms with E-state index in [1.165, 1.54) is 6.07 Å². The van der Waals surface area contributed by atoms with E-state index in [0.29, 0.717) is 47.9 Å². The van der Waals surface area contributed by atoms with Gasteiger partial charge in [0.05, 0.1) is 27.9 Å². The van der Waals surface area contributed by atoms with Gasteiger partial charge in [-0.05, 0) is 42.3 Å². The second kappa shape index (κ2) is 10.7. The van der Waals surface area contributed by atoms with E-state index in [4.69, 9.17) is 14.2 Å². The zero-order chi connectivity index (χ0) is 19.1. The van der Waals surface area contributed by atoms with Crippen LogP contribution in [0.15, 0.2) is 24.3 Å². The molecular weight excluding hydrogens is 374 g/mol. The number of rotatable bonds is 9. The molecule has 27 heavy (non-hydrogen) atoms. The van der Waals surface area contributed by atoms with Gasteiger partial charge < -0.3 is 34.8 Å². The Kier molecular flexibility index (Phi) is 9.00. The lowest BCUT2D eigenvalue weighted by Crippen LogP contribution is -2.18. The molecular formula is C19H26ClNO6. The molecule has 2 aromatic rings. The second-order valence-corrected chi connectivity index (χ2v) is 5.69. The van der Waals surface area contributed by atoms with Crippen molar-refractivity contribution >= 4 is 12.4 Å². The summed E-state index contributed by atoms with van der Waals surface area (Å²) in [4.78, 5) is 0. The fourth-order valence-corrected chi connectivity index (χ4v) is 2.74. The van der Waals surface area contributed by atoms with Gasteiger partial charge in [-0.2, -0.15) is 0 Å². The average Bonchev–Trinajstić information content (AvgIpc) is 2.67. The lowest BCUT2D eigenvalue weighted by atomic mass is 10.1. The Labute approximate surface area is 164 Å². The summed E-state index contributed by atoms with van der Waals surface area (Å²) in [5.74, 6) is 1.31. The number of hydrogen-bond donors (Lipinski definition) is 4. The van der Waals surface area contributed by atoms with Gasteiger partial charge in [0.15, 0.2) is 23.0 Å². The predicted molar refractivity (Wildman–Crippen MR) is 104 cm³/mol. The molecule has 2 aromatic carbocycles. The number of nitrogens with one attached hydrogen (secondary N) is 1. The molecule has 150 valence electrons. The normalized spacial score (nSPS) is 10.2. The summed E-state index contributed by atoms with van der Waals surface area (Å²) >= 11 is 0. The van der Waals surface area contributed by atoms with Gasteiger partial charge >= 0.3 is 0 Å². The summed E-state index contributed by atoms with van der Waals surface area (Å²) in [7, 11) is 4.70. The van der Waals surface area contributed by atoms with Crippen molar-refractivity contribution in [3.63, 3.8) is 0 Å². The Morgan fingerprint density at radius 2 is 1.59 bits per heavy atom.